The molecule has 19 heavy (non-hydrogen) atoms. The molecule has 0 aromatic rings. The molecule has 0 amide bonds. The van der Waals surface area contributed by atoms with Crippen LogP contribution in [0.5, 0.6) is 0 Å². The van der Waals surface area contributed by atoms with Gasteiger partial charge in [0.2, 0.25) is 0 Å². The summed E-state index contributed by atoms with van der Waals surface area (Å²) in [5.74, 6) is 1.00. The first kappa shape index (κ1) is 13.9. The predicted octanol–water partition coefficient (Wildman–Crippen LogP) is 4.62. The fourth-order valence-corrected chi connectivity index (χ4v) is 7.52. The first-order valence-corrected chi connectivity index (χ1v) is 8.27. The van der Waals surface area contributed by atoms with Gasteiger partial charge >= 0.3 is 0 Å². The highest BCUT2D eigenvalue weighted by molar-refractivity contribution is 5.14. The number of nitrogens with one attached hydrogen (secondary N) is 1. The summed E-state index contributed by atoms with van der Waals surface area (Å²) in [6, 6.07) is 0.669. The van der Waals surface area contributed by atoms with Crippen LogP contribution in [-0.2, 0) is 0 Å². The molecule has 0 saturated heterocycles. The minimum absolute atomic E-state index is 0.368. The molecule has 3 unspecified atom stereocenters. The third kappa shape index (κ3) is 2.07. The normalized spacial score (nSPS) is 50.5. The van der Waals surface area contributed by atoms with E-state index in [1.165, 1.54) is 38.5 Å². The average molecular weight is 263 g/mol. The van der Waals surface area contributed by atoms with Crippen molar-refractivity contribution in [3.63, 3.8) is 0 Å². The summed E-state index contributed by atoms with van der Waals surface area (Å²) in [4.78, 5) is 0. The average Bonchev–Trinajstić information content (AvgIpc) is 2.07. The molecular weight excluding hydrogens is 230 g/mol. The van der Waals surface area contributed by atoms with Crippen molar-refractivity contribution < 1.29 is 0 Å². The summed E-state index contributed by atoms with van der Waals surface area (Å²) in [5, 5.41) is 3.73. The van der Waals surface area contributed by atoms with Crippen molar-refractivity contribution >= 4 is 0 Å². The lowest BCUT2D eigenvalue weighted by atomic mass is 9.38. The van der Waals surface area contributed by atoms with Gasteiger partial charge in [0.05, 0.1) is 0 Å². The zero-order chi connectivity index (χ0) is 14.1. The molecule has 4 rings (SSSR count). The molecular formula is C18H33N. The standard InChI is InChI=1S/C18H33N/c1-15(2,3)14(19-6)18-9-13-7-16(4,11-18)10-17(5,8-13)12-18/h13-14,19H,7-12H2,1-6H3. The highest BCUT2D eigenvalue weighted by Gasteiger charge is 2.63. The van der Waals surface area contributed by atoms with Gasteiger partial charge in [-0.05, 0) is 73.2 Å². The molecule has 0 aromatic carbocycles. The number of hydrogen-bond acceptors (Lipinski definition) is 1. The van der Waals surface area contributed by atoms with Crippen LogP contribution in [0.3, 0.4) is 0 Å². The maximum atomic E-state index is 3.73. The van der Waals surface area contributed by atoms with Crippen molar-refractivity contribution in [3.05, 3.63) is 0 Å². The molecule has 1 N–H and O–H groups in total. The minimum Gasteiger partial charge on any atom is -0.316 e. The Hall–Kier alpha value is -0.0400. The van der Waals surface area contributed by atoms with Gasteiger partial charge in [0.15, 0.2) is 0 Å². The lowest BCUT2D eigenvalue weighted by Crippen LogP contribution is -2.63. The fourth-order valence-electron chi connectivity index (χ4n) is 7.52. The Morgan fingerprint density at radius 2 is 1.47 bits per heavy atom. The van der Waals surface area contributed by atoms with Crippen LogP contribution in [0.1, 0.15) is 73.1 Å². The molecule has 1 nitrogen and oxygen atoms in total. The van der Waals surface area contributed by atoms with Gasteiger partial charge in [0.25, 0.3) is 0 Å². The van der Waals surface area contributed by atoms with E-state index < -0.39 is 0 Å². The summed E-state index contributed by atoms with van der Waals surface area (Å²) in [6.07, 6.45) is 8.92. The monoisotopic (exact) mass is 263 g/mol. The highest BCUT2D eigenvalue weighted by Crippen LogP contribution is 2.71. The molecule has 0 aromatic heterocycles. The second kappa shape index (κ2) is 3.78. The molecule has 0 aliphatic heterocycles. The molecule has 4 aliphatic carbocycles. The van der Waals surface area contributed by atoms with Crippen molar-refractivity contribution in [2.45, 2.75) is 79.2 Å². The van der Waals surface area contributed by atoms with Crippen molar-refractivity contribution in [3.8, 4) is 0 Å². The van der Waals surface area contributed by atoms with E-state index in [9.17, 15) is 0 Å². The topological polar surface area (TPSA) is 12.0 Å². The van der Waals surface area contributed by atoms with Crippen LogP contribution in [0.2, 0.25) is 0 Å². The van der Waals surface area contributed by atoms with E-state index in [0.29, 0.717) is 27.7 Å². The van der Waals surface area contributed by atoms with Gasteiger partial charge in [-0.15, -0.1) is 0 Å². The third-order valence-corrected chi connectivity index (χ3v) is 6.44. The largest absolute Gasteiger partial charge is 0.316 e. The lowest BCUT2D eigenvalue weighted by Gasteiger charge is -2.68. The molecule has 4 saturated carbocycles. The Morgan fingerprint density at radius 1 is 0.947 bits per heavy atom. The third-order valence-electron chi connectivity index (χ3n) is 6.44. The molecule has 4 fully saturated rings. The molecule has 4 bridgehead atoms. The van der Waals surface area contributed by atoms with Gasteiger partial charge in [-0.25, -0.2) is 0 Å². The fraction of sp³-hybridized carbons (Fsp3) is 1.00. The van der Waals surface area contributed by atoms with Crippen molar-refractivity contribution in [1.82, 2.24) is 5.32 Å². The van der Waals surface area contributed by atoms with Gasteiger partial charge in [-0.2, -0.15) is 0 Å². The molecule has 0 spiro atoms. The molecule has 110 valence electrons. The second-order valence-electron chi connectivity index (χ2n) is 10.1. The lowest BCUT2D eigenvalue weighted by molar-refractivity contribution is -0.168. The Labute approximate surface area is 119 Å². The zero-order valence-corrected chi connectivity index (χ0v) is 13.9. The first-order valence-electron chi connectivity index (χ1n) is 8.27. The number of hydrogen-bond donors (Lipinski definition) is 1. The minimum atomic E-state index is 0.368. The second-order valence-corrected chi connectivity index (χ2v) is 10.1. The summed E-state index contributed by atoms with van der Waals surface area (Å²) in [6.45, 7) is 12.5. The van der Waals surface area contributed by atoms with E-state index in [1.54, 1.807) is 0 Å². The van der Waals surface area contributed by atoms with E-state index in [2.05, 4.69) is 47.0 Å². The summed E-state index contributed by atoms with van der Waals surface area (Å²) >= 11 is 0. The molecule has 0 radical (unpaired) electrons. The van der Waals surface area contributed by atoms with Crippen LogP contribution in [0.4, 0.5) is 0 Å². The van der Waals surface area contributed by atoms with E-state index in [4.69, 9.17) is 0 Å². The molecule has 0 heterocycles. The van der Waals surface area contributed by atoms with Gasteiger partial charge in [0, 0.05) is 6.04 Å². The zero-order valence-electron chi connectivity index (χ0n) is 13.9. The van der Waals surface area contributed by atoms with Crippen LogP contribution < -0.4 is 5.32 Å². The summed E-state index contributed by atoms with van der Waals surface area (Å²) in [7, 11) is 2.19. The Bertz CT molecular complexity index is 360. The Balaban J connectivity index is 2.00. The molecule has 3 atom stereocenters. The van der Waals surface area contributed by atoms with Gasteiger partial charge in [0.1, 0.15) is 0 Å². The van der Waals surface area contributed by atoms with Crippen LogP contribution in [0, 0.1) is 27.6 Å². The van der Waals surface area contributed by atoms with E-state index >= 15 is 0 Å². The van der Waals surface area contributed by atoms with E-state index in [-0.39, 0.29) is 0 Å². The maximum absolute atomic E-state index is 3.73. The Morgan fingerprint density at radius 3 is 1.84 bits per heavy atom. The van der Waals surface area contributed by atoms with Gasteiger partial charge < -0.3 is 5.32 Å². The summed E-state index contributed by atoms with van der Waals surface area (Å²) in [5.41, 5.74) is 2.20. The highest BCUT2D eigenvalue weighted by atomic mass is 14.9. The smallest absolute Gasteiger partial charge is 0.0169 e. The van der Waals surface area contributed by atoms with Gasteiger partial charge in [-0.1, -0.05) is 34.6 Å². The SMILES string of the molecule is CNC(C(C)(C)C)C12CC3CC(C)(CC(C)(C3)C1)C2. The Kier molecular flexibility index (Phi) is 2.77. The van der Waals surface area contributed by atoms with Crippen LogP contribution in [0.25, 0.3) is 0 Å². The van der Waals surface area contributed by atoms with Gasteiger partial charge in [-0.3, -0.25) is 0 Å². The van der Waals surface area contributed by atoms with Crippen LogP contribution in [0.15, 0.2) is 0 Å². The number of rotatable bonds is 2. The van der Waals surface area contributed by atoms with Crippen molar-refractivity contribution in [2.75, 3.05) is 7.05 Å². The first-order chi connectivity index (χ1) is 8.60. The maximum Gasteiger partial charge on any atom is 0.0169 e. The molecule has 4 aliphatic rings. The van der Waals surface area contributed by atoms with Crippen LogP contribution in [-0.4, -0.2) is 13.1 Å². The van der Waals surface area contributed by atoms with Crippen molar-refractivity contribution in [2.24, 2.45) is 27.6 Å². The summed E-state index contributed by atoms with van der Waals surface area (Å²) < 4.78 is 0. The van der Waals surface area contributed by atoms with Crippen molar-refractivity contribution in [1.29, 1.82) is 0 Å². The van der Waals surface area contributed by atoms with E-state index in [1.807, 2.05) is 0 Å². The molecule has 1 heteroatoms. The predicted molar refractivity (Wildman–Crippen MR) is 82.1 cm³/mol. The quantitative estimate of drug-likeness (QED) is 0.766. The van der Waals surface area contributed by atoms with Crippen LogP contribution >= 0.6 is 0 Å². The van der Waals surface area contributed by atoms with E-state index in [0.717, 1.165) is 5.92 Å².